The third kappa shape index (κ3) is 2.72. The molecule has 2 N–H and O–H groups in total. The lowest BCUT2D eigenvalue weighted by Crippen LogP contribution is -2.00. The Balaban J connectivity index is 1.77. The number of H-pyrrole nitrogens is 1. The van der Waals surface area contributed by atoms with Gasteiger partial charge in [-0.2, -0.15) is 0 Å². The summed E-state index contributed by atoms with van der Waals surface area (Å²) in [5.41, 5.74) is 3.79. The normalized spacial score (nSPS) is 10.7. The summed E-state index contributed by atoms with van der Waals surface area (Å²) < 4.78 is 0. The number of rotatable bonds is 4. The van der Waals surface area contributed by atoms with E-state index in [0.717, 1.165) is 22.2 Å². The van der Waals surface area contributed by atoms with Crippen molar-refractivity contribution >= 4 is 22.3 Å². The third-order valence-corrected chi connectivity index (χ3v) is 3.52. The summed E-state index contributed by atoms with van der Waals surface area (Å²) >= 11 is 0. The van der Waals surface area contributed by atoms with E-state index in [0.29, 0.717) is 12.1 Å². The van der Waals surface area contributed by atoms with Crippen LogP contribution >= 0.6 is 0 Å². The Morgan fingerprint density at radius 3 is 2.86 bits per heavy atom. The summed E-state index contributed by atoms with van der Waals surface area (Å²) in [6, 6.07) is 13.4. The molecular formula is C16H15N3O2. The topological polar surface area (TPSA) is 71.0 Å². The van der Waals surface area contributed by atoms with Crippen LogP contribution in [-0.2, 0) is 6.54 Å². The highest BCUT2D eigenvalue weighted by Gasteiger charge is 2.10. The van der Waals surface area contributed by atoms with Gasteiger partial charge in [0.1, 0.15) is 0 Å². The van der Waals surface area contributed by atoms with Crippen LogP contribution < -0.4 is 5.32 Å². The number of aromatic amines is 1. The van der Waals surface area contributed by atoms with Crippen molar-refractivity contribution in [1.82, 2.24) is 4.98 Å². The van der Waals surface area contributed by atoms with Gasteiger partial charge >= 0.3 is 0 Å². The zero-order chi connectivity index (χ0) is 14.8. The number of benzene rings is 2. The van der Waals surface area contributed by atoms with Crippen molar-refractivity contribution in [3.8, 4) is 0 Å². The Labute approximate surface area is 121 Å². The predicted octanol–water partition coefficient (Wildman–Crippen LogP) is 4.00. The molecule has 1 aromatic heterocycles. The third-order valence-electron chi connectivity index (χ3n) is 3.52. The van der Waals surface area contributed by atoms with E-state index in [4.69, 9.17) is 0 Å². The van der Waals surface area contributed by atoms with Crippen molar-refractivity contribution in [1.29, 1.82) is 0 Å². The fourth-order valence-electron chi connectivity index (χ4n) is 2.33. The minimum absolute atomic E-state index is 0.140. The molecule has 0 bridgehead atoms. The lowest BCUT2D eigenvalue weighted by molar-refractivity contribution is -0.385. The summed E-state index contributed by atoms with van der Waals surface area (Å²) in [5.74, 6) is 0. The number of hydrogen-bond donors (Lipinski definition) is 2. The Hall–Kier alpha value is -2.82. The maximum atomic E-state index is 10.9. The van der Waals surface area contributed by atoms with Crippen LogP contribution in [0.15, 0.2) is 48.7 Å². The molecule has 0 aliphatic carbocycles. The van der Waals surface area contributed by atoms with E-state index >= 15 is 0 Å². The van der Waals surface area contributed by atoms with Gasteiger partial charge in [0.15, 0.2) is 0 Å². The summed E-state index contributed by atoms with van der Waals surface area (Å²) in [6.45, 7) is 2.36. The standard InChI is InChI=1S/C16H15N3O2/c1-11-2-4-14(9-16(11)19(20)21)18-10-12-3-5-15-13(8-12)6-7-17-15/h2-9,17-18H,10H2,1H3. The van der Waals surface area contributed by atoms with E-state index in [1.54, 1.807) is 19.1 Å². The van der Waals surface area contributed by atoms with Gasteiger partial charge in [0.2, 0.25) is 0 Å². The molecule has 0 aliphatic rings. The van der Waals surface area contributed by atoms with Crippen LogP contribution in [0.4, 0.5) is 11.4 Å². The molecule has 0 fully saturated rings. The van der Waals surface area contributed by atoms with Crippen molar-refractivity contribution in [3.05, 3.63) is 69.9 Å². The number of hydrogen-bond acceptors (Lipinski definition) is 3. The minimum atomic E-state index is -0.355. The molecule has 0 saturated heterocycles. The number of aryl methyl sites for hydroxylation is 1. The average molecular weight is 281 g/mol. The highest BCUT2D eigenvalue weighted by atomic mass is 16.6. The fourth-order valence-corrected chi connectivity index (χ4v) is 2.33. The van der Waals surface area contributed by atoms with Crippen molar-refractivity contribution < 1.29 is 4.92 Å². The summed E-state index contributed by atoms with van der Waals surface area (Å²) in [7, 11) is 0. The SMILES string of the molecule is Cc1ccc(NCc2ccc3[nH]ccc3c2)cc1[N+](=O)[O-]. The minimum Gasteiger partial charge on any atom is -0.381 e. The molecule has 2 aromatic carbocycles. The second-order valence-corrected chi connectivity index (χ2v) is 5.01. The molecular weight excluding hydrogens is 266 g/mol. The molecule has 0 amide bonds. The maximum absolute atomic E-state index is 10.9. The van der Waals surface area contributed by atoms with Gasteiger partial charge in [0.25, 0.3) is 5.69 Å². The number of fused-ring (bicyclic) bond motifs is 1. The number of aromatic nitrogens is 1. The zero-order valence-electron chi connectivity index (χ0n) is 11.6. The van der Waals surface area contributed by atoms with E-state index < -0.39 is 0 Å². The van der Waals surface area contributed by atoms with Crippen LogP contribution in [0.3, 0.4) is 0 Å². The molecule has 1 heterocycles. The Kier molecular flexibility index (Phi) is 3.31. The number of nitrogens with zero attached hydrogens (tertiary/aromatic N) is 1. The molecule has 0 saturated carbocycles. The van der Waals surface area contributed by atoms with Gasteiger partial charge in [0.05, 0.1) is 4.92 Å². The first kappa shape index (κ1) is 13.2. The highest BCUT2D eigenvalue weighted by molar-refractivity contribution is 5.80. The molecule has 0 aliphatic heterocycles. The van der Waals surface area contributed by atoms with Crippen LogP contribution in [0.2, 0.25) is 0 Å². The molecule has 0 unspecified atom stereocenters. The number of nitro groups is 1. The largest absolute Gasteiger partial charge is 0.381 e. The molecule has 5 heteroatoms. The van der Waals surface area contributed by atoms with Crippen LogP contribution in [0.1, 0.15) is 11.1 Å². The summed E-state index contributed by atoms with van der Waals surface area (Å²) in [5, 5.41) is 15.3. The molecule has 0 radical (unpaired) electrons. The van der Waals surface area contributed by atoms with E-state index in [9.17, 15) is 10.1 Å². The molecule has 21 heavy (non-hydrogen) atoms. The second kappa shape index (κ2) is 5.28. The number of nitro benzene ring substituents is 1. The van der Waals surface area contributed by atoms with Gasteiger partial charge in [-0.1, -0.05) is 12.1 Å². The quantitative estimate of drug-likeness (QED) is 0.561. The molecule has 0 atom stereocenters. The fraction of sp³-hybridized carbons (Fsp3) is 0.125. The van der Waals surface area contributed by atoms with Crippen LogP contribution in [-0.4, -0.2) is 9.91 Å². The first-order valence-corrected chi connectivity index (χ1v) is 6.68. The summed E-state index contributed by atoms with van der Waals surface area (Å²) in [4.78, 5) is 13.7. The van der Waals surface area contributed by atoms with Crippen molar-refractivity contribution in [2.45, 2.75) is 13.5 Å². The Morgan fingerprint density at radius 1 is 1.19 bits per heavy atom. The van der Waals surface area contributed by atoms with Crippen LogP contribution in [0, 0.1) is 17.0 Å². The van der Waals surface area contributed by atoms with Gasteiger partial charge in [-0.3, -0.25) is 10.1 Å². The van der Waals surface area contributed by atoms with Crippen LogP contribution in [0.5, 0.6) is 0 Å². The van der Waals surface area contributed by atoms with E-state index in [1.807, 2.05) is 30.5 Å². The summed E-state index contributed by atoms with van der Waals surface area (Å²) in [6.07, 6.45) is 1.91. The van der Waals surface area contributed by atoms with E-state index in [2.05, 4.69) is 16.4 Å². The van der Waals surface area contributed by atoms with Crippen molar-refractivity contribution in [2.75, 3.05) is 5.32 Å². The first-order valence-electron chi connectivity index (χ1n) is 6.68. The highest BCUT2D eigenvalue weighted by Crippen LogP contribution is 2.23. The maximum Gasteiger partial charge on any atom is 0.274 e. The second-order valence-electron chi connectivity index (χ2n) is 5.01. The lowest BCUT2D eigenvalue weighted by Gasteiger charge is -2.07. The lowest BCUT2D eigenvalue weighted by atomic mass is 10.1. The predicted molar refractivity (Wildman–Crippen MR) is 83.5 cm³/mol. The van der Waals surface area contributed by atoms with Gasteiger partial charge < -0.3 is 10.3 Å². The number of anilines is 1. The number of nitrogens with one attached hydrogen (secondary N) is 2. The van der Waals surface area contributed by atoms with E-state index in [-0.39, 0.29) is 10.6 Å². The molecule has 5 nitrogen and oxygen atoms in total. The van der Waals surface area contributed by atoms with E-state index in [1.165, 1.54) is 0 Å². The van der Waals surface area contributed by atoms with Gasteiger partial charge in [-0.15, -0.1) is 0 Å². The Bertz CT molecular complexity index is 808. The smallest absolute Gasteiger partial charge is 0.274 e. The van der Waals surface area contributed by atoms with Crippen molar-refractivity contribution in [3.63, 3.8) is 0 Å². The van der Waals surface area contributed by atoms with Gasteiger partial charge in [0, 0.05) is 35.6 Å². The molecule has 106 valence electrons. The van der Waals surface area contributed by atoms with Crippen molar-refractivity contribution in [2.24, 2.45) is 0 Å². The van der Waals surface area contributed by atoms with Gasteiger partial charge in [-0.25, -0.2) is 0 Å². The molecule has 3 aromatic rings. The van der Waals surface area contributed by atoms with Crippen LogP contribution in [0.25, 0.3) is 10.9 Å². The monoisotopic (exact) mass is 281 g/mol. The average Bonchev–Trinajstić information content (AvgIpc) is 2.93. The molecule has 0 spiro atoms. The first-order chi connectivity index (χ1) is 10.1. The zero-order valence-corrected chi connectivity index (χ0v) is 11.6. The van der Waals surface area contributed by atoms with Gasteiger partial charge in [-0.05, 0) is 42.1 Å². The Morgan fingerprint density at radius 2 is 2.05 bits per heavy atom. The molecule has 3 rings (SSSR count).